The molecule has 0 fully saturated rings. The summed E-state index contributed by atoms with van der Waals surface area (Å²) in [7, 11) is 0. The Labute approximate surface area is 135 Å². The lowest BCUT2D eigenvalue weighted by Gasteiger charge is -2.21. The van der Waals surface area contributed by atoms with Gasteiger partial charge in [-0.1, -0.05) is 30.3 Å². The number of primary amides is 1. The summed E-state index contributed by atoms with van der Waals surface area (Å²) < 4.78 is 1.78. The topological polar surface area (TPSA) is 90.0 Å². The number of nitrogens with two attached hydrogens (primary N) is 1. The highest BCUT2D eigenvalue weighted by Gasteiger charge is 2.25. The van der Waals surface area contributed by atoms with Gasteiger partial charge in [0.05, 0.1) is 17.3 Å². The van der Waals surface area contributed by atoms with E-state index < -0.39 is 11.9 Å². The average molecular weight is 314 g/mol. The fourth-order valence-corrected chi connectivity index (χ4v) is 2.48. The van der Waals surface area contributed by atoms with Gasteiger partial charge in [-0.15, -0.1) is 0 Å². The lowest BCUT2D eigenvalue weighted by molar-refractivity contribution is -0.120. The van der Waals surface area contributed by atoms with Crippen molar-refractivity contribution in [2.45, 2.75) is 39.3 Å². The second-order valence-electron chi connectivity index (χ2n) is 6.45. The number of benzene rings is 1. The quantitative estimate of drug-likeness (QED) is 0.903. The fraction of sp³-hybridized carbons (Fsp3) is 0.353. The van der Waals surface area contributed by atoms with Gasteiger partial charge in [-0.05, 0) is 33.3 Å². The minimum absolute atomic E-state index is 0.231. The number of rotatable bonds is 4. The van der Waals surface area contributed by atoms with E-state index >= 15 is 0 Å². The van der Waals surface area contributed by atoms with Crippen LogP contribution in [0.5, 0.6) is 0 Å². The molecular formula is C17H22N4O2. The molecule has 2 amide bonds. The molecule has 1 aromatic heterocycles. The van der Waals surface area contributed by atoms with Crippen molar-refractivity contribution in [3.05, 3.63) is 53.3 Å². The number of carbonyl (C=O) groups excluding carboxylic acids is 2. The molecular weight excluding hydrogens is 292 g/mol. The first-order chi connectivity index (χ1) is 10.7. The molecule has 6 nitrogen and oxygen atoms in total. The molecule has 3 N–H and O–H groups in total. The van der Waals surface area contributed by atoms with Crippen molar-refractivity contribution in [2.75, 3.05) is 0 Å². The van der Waals surface area contributed by atoms with E-state index in [0.29, 0.717) is 11.1 Å². The van der Waals surface area contributed by atoms with Crippen molar-refractivity contribution >= 4 is 11.8 Å². The second kappa shape index (κ2) is 6.24. The van der Waals surface area contributed by atoms with Gasteiger partial charge in [-0.3, -0.25) is 14.3 Å². The molecule has 0 spiro atoms. The molecule has 0 saturated heterocycles. The first-order valence-electron chi connectivity index (χ1n) is 7.42. The van der Waals surface area contributed by atoms with E-state index in [4.69, 9.17) is 5.73 Å². The summed E-state index contributed by atoms with van der Waals surface area (Å²) in [4.78, 5) is 24.2. The molecule has 2 rings (SSSR count). The Hall–Kier alpha value is -2.63. The van der Waals surface area contributed by atoms with E-state index in [1.54, 1.807) is 28.9 Å². The van der Waals surface area contributed by atoms with Gasteiger partial charge in [-0.2, -0.15) is 5.10 Å². The van der Waals surface area contributed by atoms with Crippen LogP contribution in [-0.4, -0.2) is 21.6 Å². The number of aromatic nitrogens is 2. The Morgan fingerprint density at radius 3 is 2.30 bits per heavy atom. The maximum atomic E-state index is 12.5. The van der Waals surface area contributed by atoms with Crippen molar-refractivity contribution in [3.8, 4) is 0 Å². The Morgan fingerprint density at radius 1 is 1.22 bits per heavy atom. The molecule has 0 saturated carbocycles. The SMILES string of the molecule is Cc1c(C(=O)N[C@@H](C(N)=O)c2ccccc2)cnn1C(C)(C)C. The zero-order valence-electron chi connectivity index (χ0n) is 13.8. The van der Waals surface area contributed by atoms with Crippen molar-refractivity contribution in [3.63, 3.8) is 0 Å². The van der Waals surface area contributed by atoms with Gasteiger partial charge in [0, 0.05) is 5.69 Å². The van der Waals surface area contributed by atoms with Crippen LogP contribution < -0.4 is 11.1 Å². The smallest absolute Gasteiger partial charge is 0.255 e. The Kier molecular flexibility index (Phi) is 4.54. The predicted molar refractivity (Wildman–Crippen MR) is 87.8 cm³/mol. The third-order valence-electron chi connectivity index (χ3n) is 3.58. The highest BCUT2D eigenvalue weighted by atomic mass is 16.2. The maximum absolute atomic E-state index is 12.5. The van der Waals surface area contributed by atoms with Gasteiger partial charge in [0.15, 0.2) is 0 Å². The van der Waals surface area contributed by atoms with Gasteiger partial charge in [0.1, 0.15) is 6.04 Å². The summed E-state index contributed by atoms with van der Waals surface area (Å²) in [6, 6.07) is 8.05. The summed E-state index contributed by atoms with van der Waals surface area (Å²) in [5.74, 6) is -0.976. The summed E-state index contributed by atoms with van der Waals surface area (Å²) in [6.07, 6.45) is 1.51. The normalized spacial score (nSPS) is 12.7. The van der Waals surface area contributed by atoms with Crippen LogP contribution in [0.15, 0.2) is 36.5 Å². The summed E-state index contributed by atoms with van der Waals surface area (Å²) in [6.45, 7) is 7.84. The van der Waals surface area contributed by atoms with E-state index in [9.17, 15) is 9.59 Å². The van der Waals surface area contributed by atoms with Crippen LogP contribution in [0.25, 0.3) is 0 Å². The molecule has 0 aliphatic heterocycles. The van der Waals surface area contributed by atoms with Crippen LogP contribution >= 0.6 is 0 Å². The molecule has 0 radical (unpaired) electrons. The number of carbonyl (C=O) groups is 2. The van der Waals surface area contributed by atoms with E-state index in [1.165, 1.54) is 6.20 Å². The number of hydrogen-bond acceptors (Lipinski definition) is 3. The highest BCUT2D eigenvalue weighted by Crippen LogP contribution is 2.19. The van der Waals surface area contributed by atoms with E-state index in [1.807, 2.05) is 33.8 Å². The Balaban J connectivity index is 2.27. The zero-order chi connectivity index (χ0) is 17.2. The first-order valence-corrected chi connectivity index (χ1v) is 7.42. The third-order valence-corrected chi connectivity index (χ3v) is 3.58. The van der Waals surface area contributed by atoms with Crippen molar-refractivity contribution < 1.29 is 9.59 Å². The zero-order valence-corrected chi connectivity index (χ0v) is 13.8. The Morgan fingerprint density at radius 2 is 1.83 bits per heavy atom. The molecule has 6 heteroatoms. The van der Waals surface area contributed by atoms with Gasteiger partial charge in [-0.25, -0.2) is 0 Å². The molecule has 1 heterocycles. The summed E-state index contributed by atoms with van der Waals surface area (Å²) >= 11 is 0. The average Bonchev–Trinajstić information content (AvgIpc) is 2.87. The number of nitrogens with zero attached hydrogens (tertiary/aromatic N) is 2. The molecule has 0 unspecified atom stereocenters. The monoisotopic (exact) mass is 314 g/mol. The third kappa shape index (κ3) is 3.59. The molecule has 0 bridgehead atoms. The number of hydrogen-bond donors (Lipinski definition) is 2. The molecule has 23 heavy (non-hydrogen) atoms. The largest absolute Gasteiger partial charge is 0.368 e. The van der Waals surface area contributed by atoms with Crippen LogP contribution in [0.3, 0.4) is 0 Å². The van der Waals surface area contributed by atoms with Crippen LogP contribution in [0, 0.1) is 6.92 Å². The van der Waals surface area contributed by atoms with Crippen molar-refractivity contribution in [1.29, 1.82) is 0 Å². The van der Waals surface area contributed by atoms with E-state index in [0.717, 1.165) is 5.69 Å². The van der Waals surface area contributed by atoms with Gasteiger partial charge in [0.2, 0.25) is 5.91 Å². The molecule has 122 valence electrons. The Bertz CT molecular complexity index is 714. The standard InChI is InChI=1S/C17H22N4O2/c1-11-13(10-19-21(11)17(2,3)4)16(23)20-14(15(18)22)12-8-6-5-7-9-12/h5-10,14H,1-4H3,(H2,18,22)(H,20,23)/t14-/m1/s1. The minimum Gasteiger partial charge on any atom is -0.368 e. The number of nitrogens with one attached hydrogen (secondary N) is 1. The fourth-order valence-electron chi connectivity index (χ4n) is 2.48. The predicted octanol–water partition coefficient (Wildman–Crippen LogP) is 1.90. The van der Waals surface area contributed by atoms with Gasteiger partial charge >= 0.3 is 0 Å². The van der Waals surface area contributed by atoms with Gasteiger partial charge < -0.3 is 11.1 Å². The summed E-state index contributed by atoms with van der Waals surface area (Å²) in [5, 5.41) is 6.96. The van der Waals surface area contributed by atoms with E-state index in [-0.39, 0.29) is 11.4 Å². The first kappa shape index (κ1) is 16.7. The highest BCUT2D eigenvalue weighted by molar-refractivity contribution is 5.98. The van der Waals surface area contributed by atoms with Crippen molar-refractivity contribution in [1.82, 2.24) is 15.1 Å². The van der Waals surface area contributed by atoms with E-state index in [2.05, 4.69) is 10.4 Å². The van der Waals surface area contributed by atoms with Crippen LogP contribution in [0.1, 0.15) is 48.4 Å². The summed E-state index contributed by atoms with van der Waals surface area (Å²) in [5.41, 5.74) is 7.02. The molecule has 2 aromatic rings. The van der Waals surface area contributed by atoms with Crippen molar-refractivity contribution in [2.24, 2.45) is 5.73 Å². The molecule has 0 aliphatic rings. The minimum atomic E-state index is -0.874. The molecule has 1 aromatic carbocycles. The lowest BCUT2D eigenvalue weighted by Crippen LogP contribution is -2.37. The van der Waals surface area contributed by atoms with Crippen LogP contribution in [0.2, 0.25) is 0 Å². The maximum Gasteiger partial charge on any atom is 0.255 e. The lowest BCUT2D eigenvalue weighted by atomic mass is 10.1. The van der Waals surface area contributed by atoms with Crippen LogP contribution in [0.4, 0.5) is 0 Å². The van der Waals surface area contributed by atoms with Gasteiger partial charge in [0.25, 0.3) is 5.91 Å². The second-order valence-corrected chi connectivity index (χ2v) is 6.45. The molecule has 1 atom stereocenters. The number of amides is 2. The molecule has 0 aliphatic carbocycles. The van der Waals surface area contributed by atoms with Crippen LogP contribution in [-0.2, 0) is 10.3 Å².